The average Bonchev–Trinajstić information content (AvgIpc) is 3.20. The highest BCUT2D eigenvalue weighted by Gasteiger charge is 2.30. The van der Waals surface area contributed by atoms with E-state index in [1.807, 2.05) is 6.92 Å². The van der Waals surface area contributed by atoms with Gasteiger partial charge in [-0.2, -0.15) is 18.2 Å². The Hall–Kier alpha value is -3.08. The van der Waals surface area contributed by atoms with Gasteiger partial charge in [0.25, 0.3) is 5.56 Å². The van der Waals surface area contributed by atoms with Crippen LogP contribution in [0, 0.1) is 0 Å². The minimum absolute atomic E-state index is 0.0240. The van der Waals surface area contributed by atoms with Crippen molar-refractivity contribution in [2.45, 2.75) is 71.3 Å². The van der Waals surface area contributed by atoms with Crippen LogP contribution < -0.4 is 16.6 Å². The summed E-state index contributed by atoms with van der Waals surface area (Å²) in [5.41, 5.74) is -1.04. The number of unbranched alkanes of at least 4 members (excludes halogenated alkanes) is 3. The number of nitrogens with zero attached hydrogens (tertiary/aromatic N) is 3. The number of nitrogens with one attached hydrogen (secondary N) is 2. The highest BCUT2D eigenvalue weighted by molar-refractivity contribution is 6.28. The first-order chi connectivity index (χ1) is 16.6. The maximum absolute atomic E-state index is 13.0. The molecule has 0 saturated heterocycles. The Balaban J connectivity index is 1.59. The fourth-order valence-electron chi connectivity index (χ4n) is 3.76. The lowest BCUT2D eigenvalue weighted by Gasteiger charge is -2.11. The van der Waals surface area contributed by atoms with Crippen molar-refractivity contribution in [2.75, 3.05) is 0 Å². The van der Waals surface area contributed by atoms with Crippen LogP contribution in [0.4, 0.5) is 13.2 Å². The molecule has 2 N–H and O–H groups in total. The Morgan fingerprint density at radius 2 is 1.83 bits per heavy atom. The third kappa shape index (κ3) is 6.74. The maximum Gasteiger partial charge on any atom is 0.416 e. The molecule has 0 saturated carbocycles. The lowest BCUT2D eigenvalue weighted by molar-refractivity contribution is -0.137. The SMILES string of the molecule is CCCCCn1c(=O)n(CCCCC(=O)NCc2cccc(C(F)(F)F)c2)c(=O)c2[nH]c(Cl)nc21. The Morgan fingerprint density at radius 1 is 1.11 bits per heavy atom. The zero-order valence-electron chi connectivity index (χ0n) is 19.3. The van der Waals surface area contributed by atoms with Crippen molar-refractivity contribution in [2.24, 2.45) is 0 Å². The first kappa shape index (κ1) is 26.5. The molecule has 0 aliphatic heterocycles. The summed E-state index contributed by atoms with van der Waals surface area (Å²) in [6.07, 6.45) is -0.935. The van der Waals surface area contributed by atoms with E-state index >= 15 is 0 Å². The highest BCUT2D eigenvalue weighted by Crippen LogP contribution is 2.29. The summed E-state index contributed by atoms with van der Waals surface area (Å²) >= 11 is 5.93. The Labute approximate surface area is 204 Å². The van der Waals surface area contributed by atoms with Gasteiger partial charge in [-0.25, -0.2) is 4.79 Å². The number of halogens is 4. The number of hydrogen-bond acceptors (Lipinski definition) is 4. The lowest BCUT2D eigenvalue weighted by atomic mass is 10.1. The second kappa shape index (κ2) is 11.6. The van der Waals surface area contributed by atoms with E-state index in [9.17, 15) is 27.6 Å². The van der Waals surface area contributed by atoms with Crippen LogP contribution in [0.15, 0.2) is 33.9 Å². The highest BCUT2D eigenvalue weighted by atomic mass is 35.5. The van der Waals surface area contributed by atoms with Crippen molar-refractivity contribution in [1.82, 2.24) is 24.4 Å². The van der Waals surface area contributed by atoms with Gasteiger partial charge in [-0.1, -0.05) is 31.9 Å². The Morgan fingerprint density at radius 3 is 2.54 bits per heavy atom. The molecule has 0 spiro atoms. The summed E-state index contributed by atoms with van der Waals surface area (Å²) in [5.74, 6) is -0.331. The summed E-state index contributed by atoms with van der Waals surface area (Å²) in [6.45, 7) is 2.53. The van der Waals surface area contributed by atoms with Gasteiger partial charge in [-0.3, -0.25) is 18.7 Å². The van der Waals surface area contributed by atoms with Gasteiger partial charge in [0.15, 0.2) is 11.2 Å². The van der Waals surface area contributed by atoms with E-state index in [0.29, 0.717) is 24.9 Å². The summed E-state index contributed by atoms with van der Waals surface area (Å²) in [4.78, 5) is 44.7. The number of aromatic nitrogens is 4. The van der Waals surface area contributed by atoms with Crippen LogP contribution in [0.3, 0.4) is 0 Å². The molecule has 2 heterocycles. The quantitative estimate of drug-likeness (QED) is 0.296. The van der Waals surface area contributed by atoms with Crippen molar-refractivity contribution in [1.29, 1.82) is 0 Å². The molecule has 3 aromatic rings. The van der Waals surface area contributed by atoms with Crippen molar-refractivity contribution < 1.29 is 18.0 Å². The number of fused-ring (bicyclic) bond motifs is 1. The smallest absolute Gasteiger partial charge is 0.352 e. The van der Waals surface area contributed by atoms with E-state index in [1.54, 1.807) is 0 Å². The fourth-order valence-corrected chi connectivity index (χ4v) is 3.93. The number of amides is 1. The van der Waals surface area contributed by atoms with Gasteiger partial charge in [0, 0.05) is 26.1 Å². The third-order valence-electron chi connectivity index (χ3n) is 5.60. The summed E-state index contributed by atoms with van der Waals surface area (Å²) in [5, 5.41) is 2.62. The van der Waals surface area contributed by atoms with Crippen LogP contribution in [0.1, 0.15) is 56.6 Å². The number of carbonyl (C=O) groups is 1. The van der Waals surface area contributed by atoms with Gasteiger partial charge >= 0.3 is 11.9 Å². The monoisotopic (exact) mass is 513 g/mol. The molecule has 0 atom stereocenters. The molecule has 1 amide bonds. The standard InChI is InChI=1S/C23H27ClF3N5O3/c1-2-3-5-11-31-19-18(29-21(24)30-19)20(34)32(22(31)35)12-6-4-10-17(33)28-14-15-8-7-9-16(13-15)23(25,26)27/h7-9,13H,2-6,10-12,14H2,1H3,(H,28,33)(H,29,30). The molecule has 2 aromatic heterocycles. The molecular weight excluding hydrogens is 487 g/mol. The number of imidazole rings is 1. The van der Waals surface area contributed by atoms with E-state index in [2.05, 4.69) is 15.3 Å². The summed E-state index contributed by atoms with van der Waals surface area (Å²) in [7, 11) is 0. The molecule has 0 unspecified atom stereocenters. The largest absolute Gasteiger partial charge is 0.416 e. The number of H-pyrrole nitrogens is 1. The lowest BCUT2D eigenvalue weighted by Crippen LogP contribution is -2.40. The van der Waals surface area contributed by atoms with Gasteiger partial charge in [0.2, 0.25) is 11.2 Å². The van der Waals surface area contributed by atoms with Crippen LogP contribution in [0.2, 0.25) is 5.28 Å². The molecule has 0 radical (unpaired) electrons. The minimum Gasteiger partial charge on any atom is -0.352 e. The second-order valence-electron chi connectivity index (χ2n) is 8.26. The molecular formula is C23H27ClF3N5O3. The molecule has 0 fully saturated rings. The fraction of sp³-hybridized carbons (Fsp3) is 0.478. The minimum atomic E-state index is -4.45. The molecule has 1 aromatic carbocycles. The number of alkyl halides is 3. The van der Waals surface area contributed by atoms with Crippen LogP contribution in [-0.4, -0.2) is 25.0 Å². The van der Waals surface area contributed by atoms with E-state index in [4.69, 9.17) is 11.6 Å². The van der Waals surface area contributed by atoms with Crippen molar-refractivity contribution in [3.8, 4) is 0 Å². The van der Waals surface area contributed by atoms with Crippen LogP contribution in [-0.2, 0) is 30.6 Å². The average molecular weight is 514 g/mol. The van der Waals surface area contributed by atoms with Gasteiger partial charge in [0.1, 0.15) is 0 Å². The molecule has 35 heavy (non-hydrogen) atoms. The van der Waals surface area contributed by atoms with E-state index < -0.39 is 23.0 Å². The van der Waals surface area contributed by atoms with E-state index in [0.717, 1.165) is 36.0 Å². The number of carbonyl (C=O) groups excluding carboxylic acids is 1. The number of aryl methyl sites for hydroxylation is 1. The van der Waals surface area contributed by atoms with Gasteiger partial charge in [0.05, 0.1) is 5.56 Å². The normalized spacial score (nSPS) is 11.8. The van der Waals surface area contributed by atoms with Crippen molar-refractivity contribution in [3.63, 3.8) is 0 Å². The number of hydrogen-bond donors (Lipinski definition) is 2. The van der Waals surface area contributed by atoms with Crippen LogP contribution >= 0.6 is 11.6 Å². The Kier molecular flexibility index (Phi) is 8.76. The van der Waals surface area contributed by atoms with Gasteiger partial charge in [-0.15, -0.1) is 0 Å². The molecule has 12 heteroatoms. The second-order valence-corrected chi connectivity index (χ2v) is 8.61. The van der Waals surface area contributed by atoms with Crippen LogP contribution in [0.25, 0.3) is 11.2 Å². The molecule has 0 bridgehead atoms. The first-order valence-electron chi connectivity index (χ1n) is 11.4. The molecule has 3 rings (SSSR count). The van der Waals surface area contributed by atoms with Gasteiger partial charge in [-0.05, 0) is 48.6 Å². The number of benzene rings is 1. The van der Waals surface area contributed by atoms with Gasteiger partial charge < -0.3 is 10.3 Å². The topological polar surface area (TPSA) is 102 Å². The third-order valence-corrected chi connectivity index (χ3v) is 5.78. The number of aromatic amines is 1. The van der Waals surface area contributed by atoms with Crippen LogP contribution in [0.5, 0.6) is 0 Å². The maximum atomic E-state index is 13.0. The van der Waals surface area contributed by atoms with E-state index in [-0.39, 0.29) is 41.9 Å². The predicted octanol–water partition coefficient (Wildman–Crippen LogP) is 4.24. The predicted molar refractivity (Wildman–Crippen MR) is 126 cm³/mol. The zero-order valence-corrected chi connectivity index (χ0v) is 20.0. The molecule has 8 nitrogen and oxygen atoms in total. The Bertz CT molecular complexity index is 1300. The first-order valence-corrected chi connectivity index (χ1v) is 11.8. The number of rotatable bonds is 11. The molecule has 0 aliphatic carbocycles. The molecule has 190 valence electrons. The summed E-state index contributed by atoms with van der Waals surface area (Å²) in [6, 6.07) is 4.77. The molecule has 0 aliphatic rings. The van der Waals surface area contributed by atoms with Crippen molar-refractivity contribution in [3.05, 3.63) is 61.5 Å². The van der Waals surface area contributed by atoms with E-state index in [1.165, 1.54) is 16.7 Å². The summed E-state index contributed by atoms with van der Waals surface area (Å²) < 4.78 is 41.0. The zero-order chi connectivity index (χ0) is 25.6. The van der Waals surface area contributed by atoms with Crippen molar-refractivity contribution >= 4 is 28.7 Å².